The molecule has 2 nitrogen and oxygen atoms in total. The van der Waals surface area contributed by atoms with Gasteiger partial charge in [0.25, 0.3) is 5.91 Å². The summed E-state index contributed by atoms with van der Waals surface area (Å²) >= 11 is 3.18. The molecule has 1 unspecified atom stereocenters. The van der Waals surface area contributed by atoms with E-state index in [-0.39, 0.29) is 16.4 Å². The Kier molecular flexibility index (Phi) is 3.81. The van der Waals surface area contributed by atoms with Gasteiger partial charge in [0.1, 0.15) is 5.82 Å². The summed E-state index contributed by atoms with van der Waals surface area (Å²) < 4.78 is 13.9. The molecule has 4 heteroatoms. The third-order valence-corrected chi connectivity index (χ3v) is 4.73. The summed E-state index contributed by atoms with van der Waals surface area (Å²) in [6, 6.07) is 12.6. The van der Waals surface area contributed by atoms with Gasteiger partial charge in [0, 0.05) is 11.7 Å². The quantitative estimate of drug-likeness (QED) is 0.739. The van der Waals surface area contributed by atoms with E-state index in [1.54, 1.807) is 17.0 Å². The average Bonchev–Trinajstić information content (AvgIpc) is 2.49. The lowest BCUT2D eigenvalue weighted by molar-refractivity contribution is 0.0974. The van der Waals surface area contributed by atoms with Gasteiger partial charge in [0.2, 0.25) is 0 Å². The highest BCUT2D eigenvalue weighted by molar-refractivity contribution is 9.10. The standard InChI is InChI=1S/C17H15BrFNO/c1-11-9-10-12-5-2-3-8-15(12)20(11)17(21)13-6-4-7-14(19)16(13)18/h2-8,11H,9-10H2,1H3. The molecule has 1 atom stereocenters. The summed E-state index contributed by atoms with van der Waals surface area (Å²) in [5.74, 6) is -0.583. The molecular weight excluding hydrogens is 333 g/mol. The van der Waals surface area contributed by atoms with Gasteiger partial charge in [0.05, 0.1) is 10.0 Å². The van der Waals surface area contributed by atoms with Crippen molar-refractivity contribution < 1.29 is 9.18 Å². The second kappa shape index (κ2) is 5.60. The first-order valence-corrected chi connectivity index (χ1v) is 7.74. The highest BCUT2D eigenvalue weighted by Gasteiger charge is 2.30. The molecule has 0 radical (unpaired) electrons. The second-order valence-electron chi connectivity index (χ2n) is 5.29. The molecule has 1 heterocycles. The number of rotatable bonds is 1. The van der Waals surface area contributed by atoms with E-state index in [9.17, 15) is 9.18 Å². The molecule has 21 heavy (non-hydrogen) atoms. The normalized spacial score (nSPS) is 17.5. The van der Waals surface area contributed by atoms with Crippen LogP contribution in [-0.2, 0) is 6.42 Å². The van der Waals surface area contributed by atoms with Crippen LogP contribution in [0.15, 0.2) is 46.9 Å². The van der Waals surface area contributed by atoms with Crippen LogP contribution in [0.4, 0.5) is 10.1 Å². The number of nitrogens with zero attached hydrogens (tertiary/aromatic N) is 1. The minimum atomic E-state index is -0.418. The number of anilines is 1. The number of hydrogen-bond acceptors (Lipinski definition) is 1. The van der Waals surface area contributed by atoms with Crippen molar-refractivity contribution in [2.45, 2.75) is 25.8 Å². The van der Waals surface area contributed by atoms with Crippen molar-refractivity contribution in [2.24, 2.45) is 0 Å². The van der Waals surface area contributed by atoms with E-state index < -0.39 is 5.82 Å². The number of benzene rings is 2. The van der Waals surface area contributed by atoms with Gasteiger partial charge in [-0.3, -0.25) is 4.79 Å². The highest BCUT2D eigenvalue weighted by Crippen LogP contribution is 2.33. The Labute approximate surface area is 131 Å². The average molecular weight is 348 g/mol. The van der Waals surface area contributed by atoms with Crippen molar-refractivity contribution in [2.75, 3.05) is 4.90 Å². The van der Waals surface area contributed by atoms with Gasteiger partial charge in [-0.05, 0) is 59.5 Å². The van der Waals surface area contributed by atoms with Gasteiger partial charge in [-0.1, -0.05) is 24.3 Å². The summed E-state index contributed by atoms with van der Waals surface area (Å²) in [5, 5.41) is 0. The van der Waals surface area contributed by atoms with E-state index in [2.05, 4.69) is 15.9 Å². The van der Waals surface area contributed by atoms with Gasteiger partial charge in [-0.2, -0.15) is 0 Å². The number of hydrogen-bond donors (Lipinski definition) is 0. The Morgan fingerprint density at radius 1 is 1.24 bits per heavy atom. The molecule has 2 aromatic rings. The smallest absolute Gasteiger partial charge is 0.259 e. The molecule has 0 saturated carbocycles. The van der Waals surface area contributed by atoms with Crippen molar-refractivity contribution >= 4 is 27.5 Å². The van der Waals surface area contributed by atoms with Gasteiger partial charge < -0.3 is 4.90 Å². The van der Waals surface area contributed by atoms with Crippen molar-refractivity contribution in [3.05, 3.63) is 63.9 Å². The largest absolute Gasteiger partial charge is 0.305 e. The van der Waals surface area contributed by atoms with Gasteiger partial charge in [0.15, 0.2) is 0 Å². The second-order valence-corrected chi connectivity index (χ2v) is 6.09. The summed E-state index contributed by atoms with van der Waals surface area (Å²) in [7, 11) is 0. The van der Waals surface area contributed by atoms with Crippen LogP contribution < -0.4 is 4.90 Å². The summed E-state index contributed by atoms with van der Waals surface area (Å²) in [5.41, 5.74) is 2.45. The lowest BCUT2D eigenvalue weighted by atomic mass is 9.96. The monoisotopic (exact) mass is 347 g/mol. The first-order valence-electron chi connectivity index (χ1n) is 6.95. The van der Waals surface area contributed by atoms with Crippen LogP contribution in [0.1, 0.15) is 29.3 Å². The van der Waals surface area contributed by atoms with Crippen LogP contribution in [0.5, 0.6) is 0 Å². The Balaban J connectivity index is 2.07. The molecule has 108 valence electrons. The molecule has 1 aliphatic heterocycles. The number of aryl methyl sites for hydroxylation is 1. The van der Waals surface area contributed by atoms with E-state index in [1.165, 1.54) is 6.07 Å². The molecule has 0 aromatic heterocycles. The molecular formula is C17H15BrFNO. The van der Waals surface area contributed by atoms with Crippen molar-refractivity contribution in [3.63, 3.8) is 0 Å². The molecule has 3 rings (SSSR count). The number of amides is 1. The molecule has 0 fully saturated rings. The van der Waals surface area contributed by atoms with E-state index in [4.69, 9.17) is 0 Å². The number of para-hydroxylation sites is 1. The van der Waals surface area contributed by atoms with E-state index in [0.29, 0.717) is 5.56 Å². The Bertz CT molecular complexity index is 701. The Hall–Kier alpha value is -1.68. The topological polar surface area (TPSA) is 20.3 Å². The number of halogens is 2. The number of fused-ring (bicyclic) bond motifs is 1. The molecule has 0 aliphatic carbocycles. The maximum Gasteiger partial charge on any atom is 0.259 e. The first-order chi connectivity index (χ1) is 10.1. The third-order valence-electron chi connectivity index (χ3n) is 3.92. The van der Waals surface area contributed by atoms with Crippen molar-refractivity contribution in [1.29, 1.82) is 0 Å². The zero-order valence-corrected chi connectivity index (χ0v) is 13.2. The molecule has 2 aromatic carbocycles. The molecule has 0 N–H and O–H groups in total. The Morgan fingerprint density at radius 2 is 2.00 bits per heavy atom. The molecule has 0 saturated heterocycles. The number of carbonyl (C=O) groups is 1. The van der Waals surface area contributed by atoms with Crippen LogP contribution >= 0.6 is 15.9 Å². The molecule has 1 aliphatic rings. The predicted octanol–water partition coefficient (Wildman–Crippen LogP) is 4.57. The Morgan fingerprint density at radius 3 is 2.81 bits per heavy atom. The van der Waals surface area contributed by atoms with Crippen molar-refractivity contribution in [3.8, 4) is 0 Å². The zero-order chi connectivity index (χ0) is 15.0. The van der Waals surface area contributed by atoms with Crippen molar-refractivity contribution in [1.82, 2.24) is 0 Å². The fourth-order valence-corrected chi connectivity index (χ4v) is 3.23. The van der Waals surface area contributed by atoms with E-state index in [0.717, 1.165) is 24.1 Å². The van der Waals surface area contributed by atoms with Crippen LogP contribution in [0, 0.1) is 5.82 Å². The molecule has 1 amide bonds. The van der Waals surface area contributed by atoms with Gasteiger partial charge >= 0.3 is 0 Å². The summed E-state index contributed by atoms with van der Waals surface area (Å²) in [6.45, 7) is 2.03. The van der Waals surface area contributed by atoms with Crippen LogP contribution in [0.25, 0.3) is 0 Å². The van der Waals surface area contributed by atoms with Crippen LogP contribution in [0.3, 0.4) is 0 Å². The molecule has 0 bridgehead atoms. The third kappa shape index (κ3) is 2.48. The SMILES string of the molecule is CC1CCc2ccccc2N1C(=O)c1cccc(F)c1Br. The van der Waals surface area contributed by atoms with Gasteiger partial charge in [-0.15, -0.1) is 0 Å². The maximum atomic E-state index is 13.7. The lowest BCUT2D eigenvalue weighted by Crippen LogP contribution is -2.42. The molecule has 0 spiro atoms. The van der Waals surface area contributed by atoms with Crippen LogP contribution in [0.2, 0.25) is 0 Å². The fourth-order valence-electron chi connectivity index (χ4n) is 2.80. The maximum absolute atomic E-state index is 13.7. The fraction of sp³-hybridized carbons (Fsp3) is 0.235. The summed E-state index contributed by atoms with van der Waals surface area (Å²) in [6.07, 6.45) is 1.88. The van der Waals surface area contributed by atoms with E-state index in [1.807, 2.05) is 31.2 Å². The predicted molar refractivity (Wildman–Crippen MR) is 85.1 cm³/mol. The van der Waals surface area contributed by atoms with E-state index >= 15 is 0 Å². The zero-order valence-electron chi connectivity index (χ0n) is 11.6. The minimum absolute atomic E-state index is 0.0996. The van der Waals surface area contributed by atoms with Crippen LogP contribution in [-0.4, -0.2) is 11.9 Å². The summed E-state index contributed by atoms with van der Waals surface area (Å²) in [4.78, 5) is 14.7. The van der Waals surface area contributed by atoms with Gasteiger partial charge in [-0.25, -0.2) is 4.39 Å². The number of carbonyl (C=O) groups excluding carboxylic acids is 1. The lowest BCUT2D eigenvalue weighted by Gasteiger charge is -2.35. The first kappa shape index (κ1) is 14.3. The minimum Gasteiger partial charge on any atom is -0.305 e. The highest BCUT2D eigenvalue weighted by atomic mass is 79.9.